The van der Waals surface area contributed by atoms with E-state index in [1.165, 1.54) is 7.11 Å². The van der Waals surface area contributed by atoms with Crippen LogP contribution in [0.15, 0.2) is 42.7 Å². The molecule has 3 nitrogen and oxygen atoms in total. The number of hydrogen-bond donors (Lipinski definition) is 1. The number of benzene rings is 1. The van der Waals surface area contributed by atoms with Gasteiger partial charge in [-0.3, -0.25) is 4.98 Å². The topological polar surface area (TPSA) is 34.2 Å². The van der Waals surface area contributed by atoms with E-state index in [1.54, 1.807) is 30.6 Å². The van der Waals surface area contributed by atoms with Crippen LogP contribution >= 0.6 is 0 Å². The molecule has 100 valence electrons. The summed E-state index contributed by atoms with van der Waals surface area (Å²) in [7, 11) is 1.47. The number of methoxy groups -OCH3 is 1. The number of aromatic nitrogens is 1. The molecule has 0 amide bonds. The smallest absolute Gasteiger partial charge is 0.170 e. The standard InChI is InChI=1S/C15H17FN2O/c1-3-18-15(11-6-5-9-17-10-11)12-7-4-8-13(19-2)14(12)16/h4-10,15,18H,3H2,1-2H3. The maximum atomic E-state index is 14.3. The van der Waals surface area contributed by atoms with Crippen molar-refractivity contribution in [2.24, 2.45) is 0 Å². The Kier molecular flexibility index (Phi) is 4.47. The number of halogens is 1. The molecule has 1 atom stereocenters. The Morgan fingerprint density at radius 2 is 2.16 bits per heavy atom. The number of hydrogen-bond acceptors (Lipinski definition) is 3. The molecule has 0 radical (unpaired) electrons. The van der Waals surface area contributed by atoms with E-state index in [4.69, 9.17) is 4.74 Å². The fourth-order valence-corrected chi connectivity index (χ4v) is 2.07. The molecule has 1 heterocycles. The molecule has 1 unspecified atom stereocenters. The van der Waals surface area contributed by atoms with Gasteiger partial charge in [0.05, 0.1) is 13.2 Å². The van der Waals surface area contributed by atoms with E-state index in [9.17, 15) is 4.39 Å². The van der Waals surface area contributed by atoms with Crippen molar-refractivity contribution < 1.29 is 9.13 Å². The average molecular weight is 260 g/mol. The molecule has 19 heavy (non-hydrogen) atoms. The van der Waals surface area contributed by atoms with Gasteiger partial charge in [-0.2, -0.15) is 0 Å². The molecular weight excluding hydrogens is 243 g/mol. The van der Waals surface area contributed by atoms with Crippen LogP contribution in [0.1, 0.15) is 24.1 Å². The molecule has 0 aliphatic carbocycles. The van der Waals surface area contributed by atoms with Gasteiger partial charge in [0.1, 0.15) is 0 Å². The lowest BCUT2D eigenvalue weighted by molar-refractivity contribution is 0.381. The zero-order valence-electron chi connectivity index (χ0n) is 11.1. The van der Waals surface area contributed by atoms with E-state index in [2.05, 4.69) is 10.3 Å². The Morgan fingerprint density at radius 1 is 1.32 bits per heavy atom. The summed E-state index contributed by atoms with van der Waals surface area (Å²) < 4.78 is 19.4. The summed E-state index contributed by atoms with van der Waals surface area (Å²) in [6, 6.07) is 8.71. The highest BCUT2D eigenvalue weighted by molar-refractivity contribution is 5.37. The molecule has 0 aliphatic rings. The summed E-state index contributed by atoms with van der Waals surface area (Å²) in [5.41, 5.74) is 1.49. The SMILES string of the molecule is CCNC(c1cccnc1)c1cccc(OC)c1F. The van der Waals surface area contributed by atoms with Crippen molar-refractivity contribution in [3.63, 3.8) is 0 Å². The summed E-state index contributed by atoms with van der Waals surface area (Å²) in [5, 5.41) is 3.27. The largest absolute Gasteiger partial charge is 0.494 e. The number of pyridine rings is 1. The van der Waals surface area contributed by atoms with Crippen molar-refractivity contribution in [1.29, 1.82) is 0 Å². The molecule has 2 rings (SSSR count). The van der Waals surface area contributed by atoms with Crippen LogP contribution in [0.2, 0.25) is 0 Å². The average Bonchev–Trinajstić information content (AvgIpc) is 2.46. The normalized spacial score (nSPS) is 12.2. The second kappa shape index (κ2) is 6.29. The quantitative estimate of drug-likeness (QED) is 0.897. The van der Waals surface area contributed by atoms with E-state index in [1.807, 2.05) is 19.1 Å². The molecule has 0 aliphatic heterocycles. The zero-order valence-corrected chi connectivity index (χ0v) is 11.1. The monoisotopic (exact) mass is 260 g/mol. The third-order valence-electron chi connectivity index (χ3n) is 2.95. The van der Waals surface area contributed by atoms with Gasteiger partial charge in [0.15, 0.2) is 11.6 Å². The zero-order chi connectivity index (χ0) is 13.7. The van der Waals surface area contributed by atoms with E-state index in [-0.39, 0.29) is 17.6 Å². The molecule has 2 aromatic rings. The minimum Gasteiger partial charge on any atom is -0.494 e. The predicted octanol–water partition coefficient (Wildman–Crippen LogP) is 2.93. The number of rotatable bonds is 5. The van der Waals surface area contributed by atoms with Crippen molar-refractivity contribution in [2.75, 3.05) is 13.7 Å². The fourth-order valence-electron chi connectivity index (χ4n) is 2.07. The van der Waals surface area contributed by atoms with Gasteiger partial charge in [-0.05, 0) is 24.2 Å². The fraction of sp³-hybridized carbons (Fsp3) is 0.267. The Morgan fingerprint density at radius 3 is 2.79 bits per heavy atom. The highest BCUT2D eigenvalue weighted by atomic mass is 19.1. The second-order valence-electron chi connectivity index (χ2n) is 4.14. The molecule has 0 saturated carbocycles. The van der Waals surface area contributed by atoms with Gasteiger partial charge in [-0.1, -0.05) is 25.1 Å². The Balaban J connectivity index is 2.45. The predicted molar refractivity (Wildman–Crippen MR) is 72.7 cm³/mol. The molecule has 4 heteroatoms. The van der Waals surface area contributed by atoms with Gasteiger partial charge in [-0.15, -0.1) is 0 Å². The lowest BCUT2D eigenvalue weighted by Crippen LogP contribution is -2.23. The summed E-state index contributed by atoms with van der Waals surface area (Å²) in [6.07, 6.45) is 3.45. The highest BCUT2D eigenvalue weighted by Gasteiger charge is 2.19. The minimum atomic E-state index is -0.334. The third kappa shape index (κ3) is 2.90. The van der Waals surface area contributed by atoms with Gasteiger partial charge in [0, 0.05) is 18.0 Å². The molecule has 0 bridgehead atoms. The van der Waals surface area contributed by atoms with Crippen LogP contribution in [0.4, 0.5) is 4.39 Å². The first-order valence-electron chi connectivity index (χ1n) is 6.23. The third-order valence-corrected chi connectivity index (χ3v) is 2.95. The highest BCUT2D eigenvalue weighted by Crippen LogP contribution is 2.28. The molecule has 0 spiro atoms. The summed E-state index contributed by atoms with van der Waals surface area (Å²) in [6.45, 7) is 2.72. The number of nitrogens with zero attached hydrogens (tertiary/aromatic N) is 1. The van der Waals surface area contributed by atoms with Crippen molar-refractivity contribution in [1.82, 2.24) is 10.3 Å². The lowest BCUT2D eigenvalue weighted by atomic mass is 9.99. The maximum Gasteiger partial charge on any atom is 0.170 e. The van der Waals surface area contributed by atoms with Crippen molar-refractivity contribution in [2.45, 2.75) is 13.0 Å². The van der Waals surface area contributed by atoms with Crippen LogP contribution < -0.4 is 10.1 Å². The first-order chi connectivity index (χ1) is 9.27. The first-order valence-corrected chi connectivity index (χ1v) is 6.23. The first kappa shape index (κ1) is 13.5. The van der Waals surface area contributed by atoms with Crippen LogP contribution in [-0.2, 0) is 0 Å². The molecule has 1 aromatic heterocycles. The van der Waals surface area contributed by atoms with Crippen LogP contribution in [0, 0.1) is 5.82 Å². The summed E-state index contributed by atoms with van der Waals surface area (Å²) in [4.78, 5) is 4.09. The number of nitrogens with one attached hydrogen (secondary N) is 1. The molecule has 0 fully saturated rings. The van der Waals surface area contributed by atoms with Crippen molar-refractivity contribution in [3.05, 3.63) is 59.7 Å². The van der Waals surface area contributed by atoms with Crippen LogP contribution in [0.5, 0.6) is 5.75 Å². The summed E-state index contributed by atoms with van der Waals surface area (Å²) in [5.74, 6) is -0.0795. The second-order valence-corrected chi connectivity index (χ2v) is 4.14. The molecule has 1 N–H and O–H groups in total. The van der Waals surface area contributed by atoms with E-state index in [0.717, 1.165) is 12.1 Å². The summed E-state index contributed by atoms with van der Waals surface area (Å²) >= 11 is 0. The van der Waals surface area contributed by atoms with Gasteiger partial charge in [0.2, 0.25) is 0 Å². The minimum absolute atomic E-state index is 0.228. The number of ether oxygens (including phenoxy) is 1. The Labute approximate surface area is 112 Å². The molecule has 0 saturated heterocycles. The Bertz CT molecular complexity index is 531. The maximum absolute atomic E-state index is 14.3. The Hall–Kier alpha value is -1.94. The lowest BCUT2D eigenvalue weighted by Gasteiger charge is -2.20. The van der Waals surface area contributed by atoms with Gasteiger partial charge in [0.25, 0.3) is 0 Å². The van der Waals surface area contributed by atoms with Crippen LogP contribution in [-0.4, -0.2) is 18.6 Å². The van der Waals surface area contributed by atoms with E-state index < -0.39 is 0 Å². The molecular formula is C15H17FN2O. The van der Waals surface area contributed by atoms with Gasteiger partial charge >= 0.3 is 0 Å². The van der Waals surface area contributed by atoms with Crippen molar-refractivity contribution in [3.8, 4) is 5.75 Å². The van der Waals surface area contributed by atoms with Crippen molar-refractivity contribution >= 4 is 0 Å². The molecule has 1 aromatic carbocycles. The van der Waals surface area contributed by atoms with Gasteiger partial charge in [-0.25, -0.2) is 4.39 Å². The van der Waals surface area contributed by atoms with Crippen LogP contribution in [0.3, 0.4) is 0 Å². The van der Waals surface area contributed by atoms with E-state index in [0.29, 0.717) is 5.56 Å². The van der Waals surface area contributed by atoms with Crippen LogP contribution in [0.25, 0.3) is 0 Å². The van der Waals surface area contributed by atoms with Gasteiger partial charge < -0.3 is 10.1 Å². The van der Waals surface area contributed by atoms with E-state index >= 15 is 0 Å².